The third kappa shape index (κ3) is 8.82. The Morgan fingerprint density at radius 1 is 1.15 bits per heavy atom. The van der Waals surface area contributed by atoms with Crippen LogP contribution in [-0.2, 0) is 4.79 Å². The Kier molecular flexibility index (Phi) is 12.4. The normalized spacial score (nSPS) is 16.8. The summed E-state index contributed by atoms with van der Waals surface area (Å²) in [5, 5.41) is 0. The predicted molar refractivity (Wildman–Crippen MR) is 169 cm³/mol. The first-order valence-corrected chi connectivity index (χ1v) is 14.0. The van der Waals surface area contributed by atoms with E-state index in [0.717, 1.165) is 48.5 Å². The van der Waals surface area contributed by atoms with Gasteiger partial charge in [0.2, 0.25) is 5.82 Å². The zero-order chi connectivity index (χ0) is 30.9. The average molecular weight is 567 g/mol. The van der Waals surface area contributed by atoms with Crippen LogP contribution in [0.2, 0.25) is 0 Å². The minimum Gasteiger partial charge on any atom is -0.396 e. The average Bonchev–Trinajstić information content (AvgIpc) is 2.93. The molecule has 0 bridgehead atoms. The maximum Gasteiger partial charge on any atom is 0.293 e. The number of anilines is 1. The Morgan fingerprint density at radius 2 is 1.83 bits per heavy atom. The summed E-state index contributed by atoms with van der Waals surface area (Å²) in [7, 11) is 9.33. The lowest BCUT2D eigenvalue weighted by atomic mass is 9.99. The maximum absolute atomic E-state index is 14.3. The molecule has 0 radical (unpaired) electrons. The molecule has 2 aliphatic heterocycles. The van der Waals surface area contributed by atoms with Crippen LogP contribution in [0.5, 0.6) is 0 Å². The molecule has 224 valence electrons. The summed E-state index contributed by atoms with van der Waals surface area (Å²) in [6.45, 7) is 11.1. The Morgan fingerprint density at radius 3 is 2.39 bits per heavy atom. The van der Waals surface area contributed by atoms with Gasteiger partial charge in [-0.2, -0.15) is 4.39 Å². The number of carbonyl (C=O) groups excluding carboxylic acids is 1. The third-order valence-electron chi connectivity index (χ3n) is 6.76. The van der Waals surface area contributed by atoms with Crippen molar-refractivity contribution in [2.24, 2.45) is 0 Å². The molecule has 1 aromatic rings. The number of allylic oxidation sites excluding steroid dienone is 7. The van der Waals surface area contributed by atoms with E-state index in [0.29, 0.717) is 12.2 Å². The fourth-order valence-corrected chi connectivity index (χ4v) is 4.74. The molecule has 2 aliphatic rings. The van der Waals surface area contributed by atoms with Crippen molar-refractivity contribution < 1.29 is 9.18 Å². The van der Waals surface area contributed by atoms with Gasteiger partial charge < -0.3 is 20.4 Å². The number of amides is 1. The smallest absolute Gasteiger partial charge is 0.293 e. The largest absolute Gasteiger partial charge is 0.396 e. The highest BCUT2D eigenvalue weighted by atomic mass is 19.1. The van der Waals surface area contributed by atoms with E-state index in [1.165, 1.54) is 22.4 Å². The van der Waals surface area contributed by atoms with Gasteiger partial charge in [0.25, 0.3) is 11.5 Å². The molecule has 0 fully saturated rings. The van der Waals surface area contributed by atoms with E-state index in [1.807, 2.05) is 71.2 Å². The zero-order valence-electron chi connectivity index (χ0n) is 26.2. The molecular weight excluding hydrogens is 519 g/mol. The Hall–Kier alpha value is -3.85. The summed E-state index contributed by atoms with van der Waals surface area (Å²) in [6, 6.07) is 1.40. The molecule has 0 atom stereocenters. The second-order valence-corrected chi connectivity index (χ2v) is 10.6. The molecule has 0 aliphatic carbocycles. The SMILES string of the molecule is CC.CC(/C=C(\C)CN1CC=C(C2=CC=C(C(=O)N(C)C)CN2C)CC1)=C(\C=C/N(C)C)n1ccc(N)c(F)c1=O. The first-order valence-electron chi connectivity index (χ1n) is 14.0. The van der Waals surface area contributed by atoms with E-state index < -0.39 is 11.4 Å². The van der Waals surface area contributed by atoms with Gasteiger partial charge in [0, 0.05) is 85.1 Å². The number of hydrogen-bond acceptors (Lipinski definition) is 6. The van der Waals surface area contributed by atoms with Crippen molar-refractivity contribution >= 4 is 17.3 Å². The molecule has 41 heavy (non-hydrogen) atoms. The number of nitrogens with two attached hydrogens (primary N) is 1. The Labute approximate surface area is 244 Å². The highest BCUT2D eigenvalue weighted by Gasteiger charge is 2.22. The lowest BCUT2D eigenvalue weighted by Gasteiger charge is -2.33. The van der Waals surface area contributed by atoms with Gasteiger partial charge in [0.15, 0.2) is 0 Å². The lowest BCUT2D eigenvalue weighted by molar-refractivity contribution is -0.124. The van der Waals surface area contributed by atoms with Crippen molar-refractivity contribution in [2.75, 3.05) is 67.2 Å². The van der Waals surface area contributed by atoms with Crippen molar-refractivity contribution in [3.63, 3.8) is 0 Å². The molecule has 0 spiro atoms. The van der Waals surface area contributed by atoms with Crippen LogP contribution in [0.1, 0.15) is 34.1 Å². The molecule has 2 N–H and O–H groups in total. The molecular formula is C32H47FN6O2. The van der Waals surface area contributed by atoms with Crippen molar-refractivity contribution in [3.8, 4) is 0 Å². The molecule has 0 aromatic carbocycles. The number of aromatic nitrogens is 1. The highest BCUT2D eigenvalue weighted by Crippen LogP contribution is 2.26. The van der Waals surface area contributed by atoms with Crippen LogP contribution in [-0.4, -0.2) is 91.5 Å². The number of nitrogens with zero attached hydrogens (tertiary/aromatic N) is 5. The topological polar surface area (TPSA) is 78.1 Å². The lowest BCUT2D eigenvalue weighted by Crippen LogP contribution is -2.35. The highest BCUT2D eigenvalue weighted by molar-refractivity contribution is 5.94. The fourth-order valence-electron chi connectivity index (χ4n) is 4.74. The van der Waals surface area contributed by atoms with Crippen molar-refractivity contribution in [3.05, 3.63) is 93.0 Å². The van der Waals surface area contributed by atoms with E-state index in [1.54, 1.807) is 25.1 Å². The van der Waals surface area contributed by atoms with E-state index in [2.05, 4.69) is 22.8 Å². The van der Waals surface area contributed by atoms with Crippen molar-refractivity contribution in [1.82, 2.24) is 24.2 Å². The van der Waals surface area contributed by atoms with E-state index >= 15 is 0 Å². The first-order chi connectivity index (χ1) is 19.4. The third-order valence-corrected chi connectivity index (χ3v) is 6.76. The van der Waals surface area contributed by atoms with Gasteiger partial charge in [-0.25, -0.2) is 0 Å². The molecule has 9 heteroatoms. The van der Waals surface area contributed by atoms with Gasteiger partial charge in [-0.15, -0.1) is 0 Å². The zero-order valence-corrected chi connectivity index (χ0v) is 26.2. The van der Waals surface area contributed by atoms with Crippen LogP contribution in [0.25, 0.3) is 5.70 Å². The molecule has 0 saturated carbocycles. The molecule has 3 heterocycles. The number of hydrogen-bond donors (Lipinski definition) is 1. The van der Waals surface area contributed by atoms with Crippen molar-refractivity contribution in [1.29, 1.82) is 0 Å². The molecule has 1 amide bonds. The number of carbonyl (C=O) groups is 1. The van der Waals surface area contributed by atoms with Crippen LogP contribution >= 0.6 is 0 Å². The monoisotopic (exact) mass is 566 g/mol. The first kappa shape index (κ1) is 33.4. The summed E-state index contributed by atoms with van der Waals surface area (Å²) < 4.78 is 15.6. The van der Waals surface area contributed by atoms with Crippen LogP contribution < -0.4 is 11.3 Å². The van der Waals surface area contributed by atoms with E-state index in [4.69, 9.17) is 5.73 Å². The number of rotatable bonds is 8. The van der Waals surface area contributed by atoms with Gasteiger partial charge in [-0.3, -0.25) is 19.1 Å². The minimum absolute atomic E-state index is 0.0410. The summed E-state index contributed by atoms with van der Waals surface area (Å²) in [6.07, 6.45) is 14.3. The fraction of sp³-hybridized carbons (Fsp3) is 0.438. The number of likely N-dealkylation sites (N-methyl/N-ethyl adjacent to an activating group) is 2. The standard InChI is InChI=1S/C30H41FN6O2.C2H6/c1-21(18-22(2)26(13-14-33(3)4)37-17-12-25(32)28(31)30(37)39)19-36-15-10-23(11-16-36)27-9-8-24(20-35(27)7)29(38)34(5)6;1-2/h8-10,12-14,17-18H,11,15-16,19-20,32H2,1-7H3;1-2H3/b14-13-,21-18+,26-22-;. The quantitative estimate of drug-likeness (QED) is 0.472. The number of halogens is 1. The van der Waals surface area contributed by atoms with E-state index in [9.17, 15) is 14.0 Å². The molecule has 8 nitrogen and oxygen atoms in total. The molecule has 0 saturated heterocycles. The van der Waals surface area contributed by atoms with Crippen molar-refractivity contribution in [2.45, 2.75) is 34.1 Å². The van der Waals surface area contributed by atoms with E-state index in [-0.39, 0.29) is 11.6 Å². The van der Waals surface area contributed by atoms with Crippen LogP contribution in [0.3, 0.4) is 0 Å². The number of pyridine rings is 1. The molecule has 0 unspecified atom stereocenters. The minimum atomic E-state index is -0.951. The Bertz CT molecular complexity index is 1340. The summed E-state index contributed by atoms with van der Waals surface area (Å²) in [5.74, 6) is -0.910. The maximum atomic E-state index is 14.3. The van der Waals surface area contributed by atoms with Gasteiger partial charge >= 0.3 is 0 Å². The van der Waals surface area contributed by atoms with Gasteiger partial charge in [0.05, 0.1) is 11.4 Å². The molecule has 1 aromatic heterocycles. The molecule has 3 rings (SSSR count). The number of nitrogen functional groups attached to an aromatic ring is 1. The summed E-state index contributed by atoms with van der Waals surface area (Å²) in [5.41, 5.74) is 10.4. The summed E-state index contributed by atoms with van der Waals surface area (Å²) >= 11 is 0. The van der Waals surface area contributed by atoms with Gasteiger partial charge in [0.1, 0.15) is 0 Å². The summed E-state index contributed by atoms with van der Waals surface area (Å²) in [4.78, 5) is 32.9. The second kappa shape index (κ2) is 15.2. The van der Waals surface area contributed by atoms with Crippen LogP contribution in [0.4, 0.5) is 10.1 Å². The van der Waals surface area contributed by atoms with Gasteiger partial charge in [-0.1, -0.05) is 31.6 Å². The van der Waals surface area contributed by atoms with Crippen LogP contribution in [0, 0.1) is 5.82 Å². The van der Waals surface area contributed by atoms with Gasteiger partial charge in [-0.05, 0) is 55.7 Å². The van der Waals surface area contributed by atoms with Crippen LogP contribution in [0.15, 0.2) is 81.6 Å². The Balaban J connectivity index is 0.00000287. The predicted octanol–water partition coefficient (Wildman–Crippen LogP) is 4.32. The second-order valence-electron chi connectivity index (χ2n) is 10.6.